The topological polar surface area (TPSA) is 65.7 Å². The predicted octanol–water partition coefficient (Wildman–Crippen LogP) is 3.84. The number of fused-ring (bicyclic) bond motifs is 3. The minimum atomic E-state index is -0.106. The molecule has 0 unspecified atom stereocenters. The first kappa shape index (κ1) is 18.4. The normalized spacial score (nSPS) is 13.9. The summed E-state index contributed by atoms with van der Waals surface area (Å²) in [6, 6.07) is 3.75. The number of nitrogens with zero attached hydrogens (tertiary/aromatic N) is 3. The Hall–Kier alpha value is -1.94. The molecule has 1 aromatic carbocycles. The lowest BCUT2D eigenvalue weighted by Gasteiger charge is -2.10. The van der Waals surface area contributed by atoms with Crippen LogP contribution in [0, 0.1) is 3.57 Å². The van der Waals surface area contributed by atoms with Crippen molar-refractivity contribution < 1.29 is 9.47 Å². The third-order valence-corrected chi connectivity index (χ3v) is 6.65. The Bertz CT molecular complexity index is 1100. The standard InChI is InChI=1S/C19H18IN3O3S/c1-25-14-8-11(7-13(20)17(14)26-2)9-22-23-10-21-18-16(19(23)24)12-5-3-4-6-15(12)27-18/h7-10H,3-6H2,1-2H3/b22-9+. The van der Waals surface area contributed by atoms with E-state index in [0.29, 0.717) is 11.5 Å². The highest BCUT2D eigenvalue weighted by molar-refractivity contribution is 14.1. The molecule has 27 heavy (non-hydrogen) atoms. The lowest BCUT2D eigenvalue weighted by atomic mass is 9.97. The van der Waals surface area contributed by atoms with Crippen molar-refractivity contribution in [3.63, 3.8) is 0 Å². The summed E-state index contributed by atoms with van der Waals surface area (Å²) in [7, 11) is 3.20. The molecule has 2 heterocycles. The third kappa shape index (κ3) is 3.36. The second-order valence-corrected chi connectivity index (χ2v) is 8.51. The lowest BCUT2D eigenvalue weighted by molar-refractivity contribution is 0.353. The number of aryl methyl sites for hydroxylation is 2. The maximum Gasteiger partial charge on any atom is 0.282 e. The van der Waals surface area contributed by atoms with Gasteiger partial charge in [0.1, 0.15) is 11.2 Å². The fourth-order valence-electron chi connectivity index (χ4n) is 3.36. The fourth-order valence-corrected chi connectivity index (χ4v) is 5.43. The van der Waals surface area contributed by atoms with Gasteiger partial charge in [-0.05, 0) is 71.5 Å². The molecule has 6 nitrogen and oxygen atoms in total. The Morgan fingerprint density at radius 3 is 2.85 bits per heavy atom. The molecule has 2 aromatic heterocycles. The van der Waals surface area contributed by atoms with Gasteiger partial charge in [-0.25, -0.2) is 4.98 Å². The lowest BCUT2D eigenvalue weighted by Crippen LogP contribution is -2.18. The summed E-state index contributed by atoms with van der Waals surface area (Å²) in [5.74, 6) is 1.30. The van der Waals surface area contributed by atoms with E-state index in [0.717, 1.165) is 38.6 Å². The Morgan fingerprint density at radius 1 is 1.26 bits per heavy atom. The molecule has 140 valence electrons. The third-order valence-electron chi connectivity index (χ3n) is 4.65. The first-order chi connectivity index (χ1) is 13.1. The van der Waals surface area contributed by atoms with Crippen LogP contribution in [0.5, 0.6) is 11.5 Å². The summed E-state index contributed by atoms with van der Waals surface area (Å²) < 4.78 is 12.9. The number of methoxy groups -OCH3 is 2. The molecule has 0 spiro atoms. The molecule has 0 aliphatic heterocycles. The average molecular weight is 495 g/mol. The zero-order valence-electron chi connectivity index (χ0n) is 15.0. The molecule has 1 aliphatic carbocycles. The highest BCUT2D eigenvalue weighted by Gasteiger charge is 2.19. The number of thiophene rings is 1. The number of hydrogen-bond donors (Lipinski definition) is 0. The molecule has 0 fully saturated rings. The highest BCUT2D eigenvalue weighted by atomic mass is 127. The van der Waals surface area contributed by atoms with Gasteiger partial charge >= 0.3 is 0 Å². The molecule has 0 atom stereocenters. The van der Waals surface area contributed by atoms with E-state index in [9.17, 15) is 4.79 Å². The summed E-state index contributed by atoms with van der Waals surface area (Å²) in [6.07, 6.45) is 7.44. The van der Waals surface area contributed by atoms with Crippen molar-refractivity contribution >= 4 is 50.4 Å². The minimum absolute atomic E-state index is 0.106. The van der Waals surface area contributed by atoms with Gasteiger partial charge in [-0.2, -0.15) is 9.78 Å². The monoisotopic (exact) mass is 495 g/mol. The van der Waals surface area contributed by atoms with Gasteiger partial charge in [-0.3, -0.25) is 4.79 Å². The smallest absolute Gasteiger partial charge is 0.282 e. The van der Waals surface area contributed by atoms with E-state index in [4.69, 9.17) is 9.47 Å². The molecule has 0 N–H and O–H groups in total. The SMILES string of the molecule is COc1cc(/C=N/n2cnc3sc4c(c3c2=O)CCCC4)cc(I)c1OC. The Kier molecular flexibility index (Phi) is 5.18. The maximum absolute atomic E-state index is 12.9. The van der Waals surface area contributed by atoms with Gasteiger partial charge in [0.2, 0.25) is 0 Å². The van der Waals surface area contributed by atoms with Crippen LogP contribution >= 0.6 is 33.9 Å². The van der Waals surface area contributed by atoms with Gasteiger partial charge in [0.25, 0.3) is 5.56 Å². The molecular formula is C19H18IN3O3S. The van der Waals surface area contributed by atoms with Crippen LogP contribution in [0.3, 0.4) is 0 Å². The number of ether oxygens (including phenoxy) is 2. The summed E-state index contributed by atoms with van der Waals surface area (Å²) in [4.78, 5) is 19.5. The molecule has 8 heteroatoms. The zero-order chi connectivity index (χ0) is 19.0. The summed E-state index contributed by atoms with van der Waals surface area (Å²) in [5, 5.41) is 5.08. The molecular weight excluding hydrogens is 477 g/mol. The highest BCUT2D eigenvalue weighted by Crippen LogP contribution is 2.34. The van der Waals surface area contributed by atoms with Gasteiger partial charge < -0.3 is 9.47 Å². The summed E-state index contributed by atoms with van der Waals surface area (Å²) in [5.41, 5.74) is 1.88. The van der Waals surface area contributed by atoms with E-state index >= 15 is 0 Å². The molecule has 4 rings (SSSR count). The van der Waals surface area contributed by atoms with Crippen molar-refractivity contribution in [2.24, 2.45) is 5.10 Å². The second-order valence-electron chi connectivity index (χ2n) is 6.27. The van der Waals surface area contributed by atoms with Crippen LogP contribution in [0.25, 0.3) is 10.2 Å². The van der Waals surface area contributed by atoms with Crippen LogP contribution in [-0.2, 0) is 12.8 Å². The van der Waals surface area contributed by atoms with Crippen molar-refractivity contribution in [3.8, 4) is 11.5 Å². The van der Waals surface area contributed by atoms with Gasteiger partial charge in [-0.1, -0.05) is 0 Å². The largest absolute Gasteiger partial charge is 0.493 e. The van der Waals surface area contributed by atoms with Crippen LogP contribution in [0.15, 0.2) is 28.4 Å². The number of halogens is 1. The molecule has 0 bridgehead atoms. The minimum Gasteiger partial charge on any atom is -0.493 e. The van der Waals surface area contributed by atoms with Crippen molar-refractivity contribution in [2.45, 2.75) is 25.7 Å². The first-order valence-corrected chi connectivity index (χ1v) is 10.5. The molecule has 0 amide bonds. The first-order valence-electron chi connectivity index (χ1n) is 8.60. The van der Waals surface area contributed by atoms with E-state index in [2.05, 4.69) is 32.7 Å². The Balaban J connectivity index is 1.75. The van der Waals surface area contributed by atoms with Gasteiger partial charge in [0.05, 0.1) is 29.4 Å². The van der Waals surface area contributed by atoms with E-state index in [-0.39, 0.29) is 5.56 Å². The van der Waals surface area contributed by atoms with Crippen LogP contribution in [0.4, 0.5) is 0 Å². The summed E-state index contributed by atoms with van der Waals surface area (Å²) in [6.45, 7) is 0. The van der Waals surface area contributed by atoms with Crippen LogP contribution in [0.1, 0.15) is 28.8 Å². The molecule has 3 aromatic rings. The predicted molar refractivity (Wildman–Crippen MR) is 116 cm³/mol. The van der Waals surface area contributed by atoms with Gasteiger partial charge in [-0.15, -0.1) is 11.3 Å². The van der Waals surface area contributed by atoms with E-state index < -0.39 is 0 Å². The number of benzene rings is 1. The van der Waals surface area contributed by atoms with Gasteiger partial charge in [0, 0.05) is 4.88 Å². The number of rotatable bonds is 4. The Morgan fingerprint density at radius 2 is 2.07 bits per heavy atom. The average Bonchev–Trinajstić information content (AvgIpc) is 3.06. The Labute approximate surface area is 174 Å². The maximum atomic E-state index is 12.9. The van der Waals surface area contributed by atoms with E-state index in [1.54, 1.807) is 31.8 Å². The van der Waals surface area contributed by atoms with Crippen LogP contribution in [-0.4, -0.2) is 30.1 Å². The summed E-state index contributed by atoms with van der Waals surface area (Å²) >= 11 is 3.82. The van der Waals surface area contributed by atoms with Crippen molar-refractivity contribution in [3.05, 3.63) is 48.4 Å². The van der Waals surface area contributed by atoms with E-state index in [1.807, 2.05) is 12.1 Å². The number of hydrogen-bond acceptors (Lipinski definition) is 6. The van der Waals surface area contributed by atoms with Crippen molar-refractivity contribution in [2.75, 3.05) is 14.2 Å². The van der Waals surface area contributed by atoms with E-state index in [1.165, 1.54) is 27.9 Å². The molecule has 0 saturated heterocycles. The van der Waals surface area contributed by atoms with Crippen molar-refractivity contribution in [1.82, 2.24) is 9.66 Å². The second kappa shape index (κ2) is 7.59. The van der Waals surface area contributed by atoms with Crippen LogP contribution < -0.4 is 15.0 Å². The zero-order valence-corrected chi connectivity index (χ0v) is 18.0. The molecule has 1 aliphatic rings. The molecule has 0 saturated carbocycles. The van der Waals surface area contributed by atoms with Crippen molar-refractivity contribution in [1.29, 1.82) is 0 Å². The number of aromatic nitrogens is 2. The molecule has 0 radical (unpaired) electrons. The quantitative estimate of drug-likeness (QED) is 0.408. The van der Waals surface area contributed by atoms with Gasteiger partial charge in [0.15, 0.2) is 11.5 Å². The van der Waals surface area contributed by atoms with Crippen LogP contribution in [0.2, 0.25) is 0 Å². The fraction of sp³-hybridized carbons (Fsp3) is 0.316.